The smallest absolute Gasteiger partial charge is 0.213 e. The molecule has 0 saturated carbocycles. The van der Waals surface area contributed by atoms with E-state index in [-0.39, 0.29) is 5.41 Å². The highest BCUT2D eigenvalue weighted by molar-refractivity contribution is 5.94. The molecule has 2 nitrogen and oxygen atoms in total. The van der Waals surface area contributed by atoms with Gasteiger partial charge in [0.25, 0.3) is 0 Å². The number of anilines is 1. The monoisotopic (exact) mass is 281 g/mol. The molecule has 1 heterocycles. The number of aromatic amines is 1. The molecule has 2 heteroatoms. The second kappa shape index (κ2) is 5.51. The summed E-state index contributed by atoms with van der Waals surface area (Å²) in [6.07, 6.45) is 8.11. The summed E-state index contributed by atoms with van der Waals surface area (Å²) >= 11 is 0. The minimum atomic E-state index is 0.229. The van der Waals surface area contributed by atoms with Crippen LogP contribution in [0.15, 0.2) is 30.3 Å². The third-order valence-corrected chi connectivity index (χ3v) is 4.24. The van der Waals surface area contributed by atoms with Crippen molar-refractivity contribution in [2.75, 3.05) is 11.9 Å². The SMILES string of the molecule is CCCCNc1c2c([nH+]c3ccccc13)CC(C)(C)C=C2. The number of H-pyrrole nitrogens is 1. The van der Waals surface area contributed by atoms with Gasteiger partial charge in [0, 0.05) is 19.0 Å². The second-order valence-electron chi connectivity index (χ2n) is 6.72. The van der Waals surface area contributed by atoms with Crippen LogP contribution in [0.3, 0.4) is 0 Å². The van der Waals surface area contributed by atoms with Crippen molar-refractivity contribution in [2.45, 2.75) is 40.0 Å². The van der Waals surface area contributed by atoms with E-state index in [9.17, 15) is 0 Å². The average molecular weight is 281 g/mol. The maximum atomic E-state index is 3.67. The Morgan fingerprint density at radius 2 is 2.05 bits per heavy atom. The summed E-state index contributed by atoms with van der Waals surface area (Å²) < 4.78 is 0. The van der Waals surface area contributed by atoms with Crippen molar-refractivity contribution < 1.29 is 4.98 Å². The van der Waals surface area contributed by atoms with Crippen molar-refractivity contribution in [2.24, 2.45) is 5.41 Å². The zero-order valence-corrected chi connectivity index (χ0v) is 13.3. The summed E-state index contributed by atoms with van der Waals surface area (Å²) in [6.45, 7) is 7.85. The molecule has 1 aromatic heterocycles. The standard InChI is InChI=1S/C19H24N2/c1-4-5-12-20-18-14-8-6-7-9-16(14)21-17-13-19(2,3)11-10-15(17)18/h6-11H,4-5,12-13H2,1-3H3,(H,20,21)/p+1. The number of aromatic nitrogens is 1. The molecule has 0 bridgehead atoms. The molecule has 0 aliphatic heterocycles. The number of hydrogen-bond donors (Lipinski definition) is 1. The molecule has 0 saturated heterocycles. The fourth-order valence-electron chi connectivity index (χ4n) is 3.06. The number of fused-ring (bicyclic) bond motifs is 2. The number of benzene rings is 1. The van der Waals surface area contributed by atoms with Gasteiger partial charge in [-0.05, 0) is 17.9 Å². The molecule has 1 aromatic carbocycles. The quantitative estimate of drug-likeness (QED) is 0.823. The molecular formula is C19H25N2+. The zero-order valence-electron chi connectivity index (χ0n) is 13.3. The highest BCUT2D eigenvalue weighted by Gasteiger charge is 2.28. The highest BCUT2D eigenvalue weighted by Crippen LogP contribution is 2.36. The summed E-state index contributed by atoms with van der Waals surface area (Å²) in [4.78, 5) is 3.64. The highest BCUT2D eigenvalue weighted by atomic mass is 14.9. The van der Waals surface area contributed by atoms with Crippen LogP contribution in [-0.4, -0.2) is 6.54 Å². The first-order chi connectivity index (χ1) is 10.1. The van der Waals surface area contributed by atoms with Gasteiger partial charge in [0.1, 0.15) is 0 Å². The number of hydrogen-bond acceptors (Lipinski definition) is 1. The Morgan fingerprint density at radius 3 is 2.86 bits per heavy atom. The summed E-state index contributed by atoms with van der Waals surface area (Å²) in [6, 6.07) is 8.59. The molecule has 2 N–H and O–H groups in total. The number of unbranched alkanes of at least 4 members (excludes halogenated alkanes) is 1. The van der Waals surface area contributed by atoms with Crippen LogP contribution in [0.25, 0.3) is 17.0 Å². The first-order valence-corrected chi connectivity index (χ1v) is 8.01. The van der Waals surface area contributed by atoms with E-state index in [1.54, 1.807) is 0 Å². The number of rotatable bonds is 4. The van der Waals surface area contributed by atoms with E-state index in [1.807, 2.05) is 0 Å². The van der Waals surface area contributed by atoms with Crippen molar-refractivity contribution >= 4 is 22.7 Å². The lowest BCUT2D eigenvalue weighted by Gasteiger charge is -2.24. The van der Waals surface area contributed by atoms with Gasteiger partial charge in [0.15, 0.2) is 5.69 Å². The van der Waals surface area contributed by atoms with Gasteiger partial charge in [-0.3, -0.25) is 0 Å². The second-order valence-corrected chi connectivity index (χ2v) is 6.72. The molecule has 0 fully saturated rings. The lowest BCUT2D eigenvalue weighted by atomic mass is 9.81. The van der Waals surface area contributed by atoms with E-state index in [1.165, 1.54) is 40.7 Å². The molecule has 0 radical (unpaired) electrons. The van der Waals surface area contributed by atoms with Crippen molar-refractivity contribution in [3.05, 3.63) is 41.6 Å². The molecule has 2 aromatic rings. The summed E-state index contributed by atoms with van der Waals surface area (Å²) in [5.74, 6) is 0. The van der Waals surface area contributed by atoms with Crippen molar-refractivity contribution in [3.63, 3.8) is 0 Å². The van der Waals surface area contributed by atoms with E-state index < -0.39 is 0 Å². The van der Waals surface area contributed by atoms with Gasteiger partial charge in [-0.1, -0.05) is 51.5 Å². The number of para-hydroxylation sites is 1. The Hall–Kier alpha value is -1.83. The first kappa shape index (κ1) is 14.1. The molecule has 1 aliphatic carbocycles. The van der Waals surface area contributed by atoms with Gasteiger partial charge in [-0.25, -0.2) is 4.98 Å². The van der Waals surface area contributed by atoms with E-state index in [0.29, 0.717) is 0 Å². The van der Waals surface area contributed by atoms with Crippen molar-refractivity contribution in [1.82, 2.24) is 0 Å². The van der Waals surface area contributed by atoms with Crippen LogP contribution in [0.2, 0.25) is 0 Å². The Balaban J connectivity index is 2.13. The molecule has 3 rings (SSSR count). The molecular weight excluding hydrogens is 256 g/mol. The van der Waals surface area contributed by atoms with Crippen LogP contribution in [0.5, 0.6) is 0 Å². The van der Waals surface area contributed by atoms with Crippen LogP contribution >= 0.6 is 0 Å². The van der Waals surface area contributed by atoms with Gasteiger partial charge in [-0.15, -0.1) is 0 Å². The van der Waals surface area contributed by atoms with E-state index in [2.05, 4.69) is 67.5 Å². The molecule has 21 heavy (non-hydrogen) atoms. The van der Waals surface area contributed by atoms with Crippen LogP contribution in [0, 0.1) is 5.41 Å². The minimum absolute atomic E-state index is 0.229. The van der Waals surface area contributed by atoms with E-state index >= 15 is 0 Å². The van der Waals surface area contributed by atoms with Crippen LogP contribution < -0.4 is 10.3 Å². The van der Waals surface area contributed by atoms with Gasteiger partial charge < -0.3 is 5.32 Å². The van der Waals surface area contributed by atoms with Crippen molar-refractivity contribution in [1.29, 1.82) is 0 Å². The van der Waals surface area contributed by atoms with Crippen LogP contribution in [0.1, 0.15) is 44.9 Å². The summed E-state index contributed by atoms with van der Waals surface area (Å²) in [5, 5.41) is 4.96. The predicted molar refractivity (Wildman–Crippen MR) is 90.4 cm³/mol. The van der Waals surface area contributed by atoms with E-state index in [4.69, 9.17) is 0 Å². The normalized spacial score (nSPS) is 16.0. The van der Waals surface area contributed by atoms with Crippen LogP contribution in [0.4, 0.5) is 5.69 Å². The molecule has 0 amide bonds. The Morgan fingerprint density at radius 1 is 1.24 bits per heavy atom. The fourth-order valence-corrected chi connectivity index (χ4v) is 3.06. The lowest BCUT2D eigenvalue weighted by Crippen LogP contribution is -2.26. The Kier molecular flexibility index (Phi) is 3.71. The topological polar surface area (TPSA) is 26.2 Å². The van der Waals surface area contributed by atoms with Gasteiger partial charge >= 0.3 is 0 Å². The van der Waals surface area contributed by atoms with Gasteiger partial charge in [0.2, 0.25) is 5.52 Å². The molecule has 0 spiro atoms. The van der Waals surface area contributed by atoms with Crippen molar-refractivity contribution in [3.8, 4) is 0 Å². The number of nitrogens with one attached hydrogen (secondary N) is 2. The largest absolute Gasteiger partial charge is 0.384 e. The van der Waals surface area contributed by atoms with Gasteiger partial charge in [0.05, 0.1) is 16.6 Å². The average Bonchev–Trinajstić information content (AvgIpc) is 2.45. The third-order valence-electron chi connectivity index (χ3n) is 4.24. The minimum Gasteiger partial charge on any atom is -0.384 e. The molecule has 1 aliphatic rings. The number of allylic oxidation sites excluding steroid dienone is 1. The number of pyridine rings is 1. The molecule has 110 valence electrons. The lowest BCUT2D eigenvalue weighted by molar-refractivity contribution is -0.359. The molecule has 0 unspecified atom stereocenters. The fraction of sp³-hybridized carbons (Fsp3) is 0.421. The maximum Gasteiger partial charge on any atom is 0.213 e. The third kappa shape index (κ3) is 2.80. The summed E-state index contributed by atoms with van der Waals surface area (Å²) in [5.41, 5.74) is 5.43. The van der Waals surface area contributed by atoms with E-state index in [0.717, 1.165) is 13.0 Å². The Bertz CT molecular complexity index is 683. The van der Waals surface area contributed by atoms with Gasteiger partial charge in [-0.2, -0.15) is 0 Å². The predicted octanol–water partition coefficient (Wildman–Crippen LogP) is 4.46. The first-order valence-electron chi connectivity index (χ1n) is 8.01. The summed E-state index contributed by atoms with van der Waals surface area (Å²) in [7, 11) is 0. The van der Waals surface area contributed by atoms with Crippen LogP contribution in [-0.2, 0) is 6.42 Å². The zero-order chi connectivity index (χ0) is 14.9. The Labute approximate surface area is 127 Å². The maximum absolute atomic E-state index is 3.67. The molecule has 0 atom stereocenters.